The number of carboxylic acids is 1. The fourth-order valence-corrected chi connectivity index (χ4v) is 3.34. The fourth-order valence-electron chi connectivity index (χ4n) is 3.34. The zero-order valence-corrected chi connectivity index (χ0v) is 16.7. The first-order valence-corrected chi connectivity index (χ1v) is 9.61. The van der Waals surface area contributed by atoms with Crippen molar-refractivity contribution in [1.29, 1.82) is 0 Å². The molecule has 0 spiro atoms. The molecule has 0 atom stereocenters. The quantitative estimate of drug-likeness (QED) is 0.575. The molecule has 3 N–H and O–H groups in total. The third-order valence-electron chi connectivity index (χ3n) is 4.95. The summed E-state index contributed by atoms with van der Waals surface area (Å²) in [4.78, 5) is 30.1. The van der Waals surface area contributed by atoms with Crippen molar-refractivity contribution in [3.8, 4) is 11.3 Å². The molecule has 2 aromatic heterocycles. The summed E-state index contributed by atoms with van der Waals surface area (Å²) in [5.74, 6) is -2.12. The number of aromatic carboxylic acids is 1. The zero-order valence-electron chi connectivity index (χ0n) is 16.7. The van der Waals surface area contributed by atoms with E-state index < -0.39 is 17.7 Å². The van der Waals surface area contributed by atoms with Gasteiger partial charge in [-0.3, -0.25) is 14.9 Å². The number of morpholine rings is 1. The monoisotopic (exact) mass is 425 g/mol. The number of carboxylic acid groups (broad SMARTS) is 1. The summed E-state index contributed by atoms with van der Waals surface area (Å²) in [6.07, 6.45) is 1.48. The molecule has 1 fully saturated rings. The number of benzene rings is 1. The van der Waals surface area contributed by atoms with E-state index in [1.807, 2.05) is 4.90 Å². The third-order valence-corrected chi connectivity index (χ3v) is 4.95. The van der Waals surface area contributed by atoms with Crippen LogP contribution in [0.2, 0.25) is 0 Å². The van der Waals surface area contributed by atoms with Crippen molar-refractivity contribution in [3.05, 3.63) is 59.3 Å². The maximum atomic E-state index is 14.2. The van der Waals surface area contributed by atoms with Gasteiger partial charge in [0.05, 0.1) is 30.8 Å². The summed E-state index contributed by atoms with van der Waals surface area (Å²) in [5, 5.41) is 18.2. The molecule has 0 radical (unpaired) electrons. The average molecular weight is 425 g/mol. The molecule has 4 rings (SSSR count). The Balaban J connectivity index is 1.57. The lowest BCUT2D eigenvalue weighted by molar-refractivity contribution is 0.0690. The molecule has 10 heteroatoms. The minimum atomic E-state index is -1.13. The van der Waals surface area contributed by atoms with Crippen LogP contribution in [0.25, 0.3) is 11.3 Å². The second kappa shape index (κ2) is 8.52. The zero-order chi connectivity index (χ0) is 22.0. The topological polar surface area (TPSA) is 120 Å². The van der Waals surface area contributed by atoms with Crippen LogP contribution in [0.1, 0.15) is 26.5 Å². The number of amides is 1. The number of aromatic nitrogens is 3. The SMILES string of the molecule is Cc1ncc(NC(=O)c2cc(F)cc(N3CCOCC3)c2)cc1-c1cc(C(=O)O)[nH]n1. The van der Waals surface area contributed by atoms with Gasteiger partial charge in [0.2, 0.25) is 0 Å². The lowest BCUT2D eigenvalue weighted by Gasteiger charge is -2.29. The Hall–Kier alpha value is -3.79. The van der Waals surface area contributed by atoms with Crippen LogP contribution in [0, 0.1) is 12.7 Å². The van der Waals surface area contributed by atoms with Gasteiger partial charge in [-0.15, -0.1) is 0 Å². The minimum Gasteiger partial charge on any atom is -0.477 e. The number of hydrogen-bond donors (Lipinski definition) is 3. The smallest absolute Gasteiger partial charge is 0.353 e. The van der Waals surface area contributed by atoms with Crippen LogP contribution in [-0.4, -0.2) is 58.5 Å². The van der Waals surface area contributed by atoms with Gasteiger partial charge in [0, 0.05) is 35.6 Å². The Kier molecular flexibility index (Phi) is 5.63. The number of nitrogens with one attached hydrogen (secondary N) is 2. The summed E-state index contributed by atoms with van der Waals surface area (Å²) in [5.41, 5.74) is 2.68. The predicted molar refractivity (Wildman–Crippen MR) is 111 cm³/mol. The molecule has 1 amide bonds. The van der Waals surface area contributed by atoms with E-state index in [0.29, 0.717) is 54.6 Å². The third kappa shape index (κ3) is 4.53. The van der Waals surface area contributed by atoms with Crippen molar-refractivity contribution in [1.82, 2.24) is 15.2 Å². The number of carbonyl (C=O) groups excluding carboxylic acids is 1. The Bertz CT molecular complexity index is 1140. The first-order chi connectivity index (χ1) is 14.9. The number of pyridine rings is 1. The molecule has 1 saturated heterocycles. The Morgan fingerprint density at radius 2 is 1.97 bits per heavy atom. The summed E-state index contributed by atoms with van der Waals surface area (Å²) in [6, 6.07) is 7.24. The van der Waals surface area contributed by atoms with Crippen LogP contribution in [-0.2, 0) is 4.74 Å². The number of carbonyl (C=O) groups is 2. The van der Waals surface area contributed by atoms with Crippen molar-refractivity contribution in [2.45, 2.75) is 6.92 Å². The number of halogens is 1. The van der Waals surface area contributed by atoms with E-state index in [4.69, 9.17) is 9.84 Å². The Labute approximate surface area is 176 Å². The van der Waals surface area contributed by atoms with Crippen molar-refractivity contribution in [2.75, 3.05) is 36.5 Å². The lowest BCUT2D eigenvalue weighted by Crippen LogP contribution is -2.36. The van der Waals surface area contributed by atoms with E-state index in [9.17, 15) is 14.0 Å². The highest BCUT2D eigenvalue weighted by Gasteiger charge is 2.17. The van der Waals surface area contributed by atoms with Crippen LogP contribution in [0.5, 0.6) is 0 Å². The standard InChI is InChI=1S/C21H20FN5O4/c1-12-17(18-10-19(21(29)30)26-25-18)9-15(11-23-12)24-20(28)13-6-14(22)8-16(7-13)27-2-4-31-5-3-27/h6-11H,2-5H2,1H3,(H,24,28)(H,25,26)(H,29,30). The van der Waals surface area contributed by atoms with Gasteiger partial charge < -0.3 is 20.1 Å². The molecule has 0 bridgehead atoms. The van der Waals surface area contributed by atoms with Crippen LogP contribution < -0.4 is 10.2 Å². The number of aromatic amines is 1. The summed E-state index contributed by atoms with van der Waals surface area (Å²) in [6.45, 7) is 4.09. The molecule has 0 saturated carbocycles. The highest BCUT2D eigenvalue weighted by atomic mass is 19.1. The fraction of sp³-hybridized carbons (Fsp3) is 0.238. The molecule has 3 aromatic rings. The average Bonchev–Trinajstić information content (AvgIpc) is 3.26. The number of anilines is 2. The van der Waals surface area contributed by atoms with Crippen LogP contribution in [0.4, 0.5) is 15.8 Å². The molecule has 160 valence electrons. The summed E-state index contributed by atoms with van der Waals surface area (Å²) < 4.78 is 19.5. The highest BCUT2D eigenvalue weighted by Crippen LogP contribution is 2.25. The summed E-state index contributed by atoms with van der Waals surface area (Å²) in [7, 11) is 0. The number of hydrogen-bond acceptors (Lipinski definition) is 6. The molecule has 0 unspecified atom stereocenters. The van der Waals surface area contributed by atoms with Crippen molar-refractivity contribution in [2.24, 2.45) is 0 Å². The number of ether oxygens (including phenoxy) is 1. The number of nitrogens with zero attached hydrogens (tertiary/aromatic N) is 3. The van der Waals surface area contributed by atoms with Crippen LogP contribution in [0.15, 0.2) is 36.5 Å². The second-order valence-electron chi connectivity index (χ2n) is 7.08. The Morgan fingerprint density at radius 1 is 1.19 bits per heavy atom. The molecule has 9 nitrogen and oxygen atoms in total. The van der Waals surface area contributed by atoms with Gasteiger partial charge in [-0.2, -0.15) is 5.10 Å². The molecule has 0 aliphatic carbocycles. The Morgan fingerprint density at radius 3 is 2.68 bits per heavy atom. The molecular formula is C21H20FN5O4. The minimum absolute atomic E-state index is 0.0563. The van der Waals surface area contributed by atoms with Crippen molar-refractivity contribution in [3.63, 3.8) is 0 Å². The van der Waals surface area contributed by atoms with E-state index in [1.54, 1.807) is 19.1 Å². The van der Waals surface area contributed by atoms with Crippen molar-refractivity contribution >= 4 is 23.3 Å². The number of aryl methyl sites for hydroxylation is 1. The molecule has 31 heavy (non-hydrogen) atoms. The van der Waals surface area contributed by atoms with E-state index in [-0.39, 0.29) is 11.3 Å². The van der Waals surface area contributed by atoms with Crippen molar-refractivity contribution < 1.29 is 23.8 Å². The van der Waals surface area contributed by atoms with Crippen LogP contribution in [0.3, 0.4) is 0 Å². The van der Waals surface area contributed by atoms with Gasteiger partial charge in [0.1, 0.15) is 11.5 Å². The molecule has 1 aliphatic heterocycles. The first kappa shape index (κ1) is 20.5. The maximum Gasteiger partial charge on any atom is 0.353 e. The van der Waals surface area contributed by atoms with Crippen LogP contribution >= 0.6 is 0 Å². The summed E-state index contributed by atoms with van der Waals surface area (Å²) >= 11 is 0. The van der Waals surface area contributed by atoms with Gasteiger partial charge >= 0.3 is 5.97 Å². The van der Waals surface area contributed by atoms with Gasteiger partial charge in [0.15, 0.2) is 0 Å². The molecule has 3 heterocycles. The van der Waals surface area contributed by atoms with E-state index in [0.717, 1.165) is 0 Å². The lowest BCUT2D eigenvalue weighted by atomic mass is 10.1. The highest BCUT2D eigenvalue weighted by molar-refractivity contribution is 6.05. The predicted octanol–water partition coefficient (Wildman–Crippen LogP) is 2.71. The second-order valence-corrected chi connectivity index (χ2v) is 7.08. The molecular weight excluding hydrogens is 405 g/mol. The number of H-pyrrole nitrogens is 1. The first-order valence-electron chi connectivity index (χ1n) is 9.61. The van der Waals surface area contributed by atoms with Gasteiger partial charge in [-0.25, -0.2) is 9.18 Å². The van der Waals surface area contributed by atoms with Gasteiger partial charge in [0.25, 0.3) is 5.91 Å². The van der Waals surface area contributed by atoms with Gasteiger partial charge in [-0.05, 0) is 37.3 Å². The number of rotatable bonds is 5. The van der Waals surface area contributed by atoms with E-state index in [2.05, 4.69) is 20.5 Å². The molecule has 1 aliphatic rings. The van der Waals surface area contributed by atoms with Gasteiger partial charge in [-0.1, -0.05) is 0 Å². The molecule has 1 aromatic carbocycles. The maximum absolute atomic E-state index is 14.2. The van der Waals surface area contributed by atoms with E-state index in [1.165, 1.54) is 24.4 Å². The van der Waals surface area contributed by atoms with E-state index >= 15 is 0 Å². The normalized spacial score (nSPS) is 13.8. The largest absolute Gasteiger partial charge is 0.477 e.